The van der Waals surface area contributed by atoms with Crippen molar-refractivity contribution in [3.05, 3.63) is 59.1 Å². The number of halogens is 1. The lowest BCUT2D eigenvalue weighted by atomic mass is 10.2. The number of benzene rings is 2. The van der Waals surface area contributed by atoms with E-state index in [4.69, 9.17) is 21.1 Å². The Morgan fingerprint density at radius 1 is 1.15 bits per heavy atom. The SMILES string of the molecule is COc1cccc(NC(=O)OCc2ccccc2)c1Cl. The second-order valence-electron chi connectivity index (χ2n) is 4.01. The summed E-state index contributed by atoms with van der Waals surface area (Å²) >= 11 is 6.07. The van der Waals surface area contributed by atoms with Crippen LogP contribution in [0.15, 0.2) is 48.5 Å². The molecule has 0 aromatic heterocycles. The predicted octanol–water partition coefficient (Wildman–Crippen LogP) is 4.10. The van der Waals surface area contributed by atoms with Crippen LogP contribution in [-0.4, -0.2) is 13.2 Å². The fourth-order valence-electron chi connectivity index (χ4n) is 1.63. The van der Waals surface area contributed by atoms with Gasteiger partial charge in [-0.1, -0.05) is 48.0 Å². The van der Waals surface area contributed by atoms with Crippen molar-refractivity contribution in [2.45, 2.75) is 6.61 Å². The summed E-state index contributed by atoms with van der Waals surface area (Å²) in [6, 6.07) is 14.6. The van der Waals surface area contributed by atoms with Gasteiger partial charge in [0, 0.05) is 0 Å². The van der Waals surface area contributed by atoms with Crippen LogP contribution >= 0.6 is 11.6 Å². The van der Waals surface area contributed by atoms with E-state index in [1.54, 1.807) is 18.2 Å². The Labute approximate surface area is 122 Å². The summed E-state index contributed by atoms with van der Waals surface area (Å²) in [4.78, 5) is 11.7. The van der Waals surface area contributed by atoms with Gasteiger partial charge in [0.15, 0.2) is 0 Å². The third-order valence-electron chi connectivity index (χ3n) is 2.63. The zero-order valence-corrected chi connectivity index (χ0v) is 11.7. The fourth-order valence-corrected chi connectivity index (χ4v) is 1.88. The third kappa shape index (κ3) is 3.65. The van der Waals surface area contributed by atoms with Crippen molar-refractivity contribution in [2.24, 2.45) is 0 Å². The summed E-state index contributed by atoms with van der Waals surface area (Å²) < 4.78 is 10.2. The Balaban J connectivity index is 1.95. The maximum Gasteiger partial charge on any atom is 0.412 e. The summed E-state index contributed by atoms with van der Waals surface area (Å²) in [6.07, 6.45) is -0.566. The zero-order chi connectivity index (χ0) is 14.4. The summed E-state index contributed by atoms with van der Waals surface area (Å²) in [5, 5.41) is 2.92. The number of nitrogens with one attached hydrogen (secondary N) is 1. The molecular weight excluding hydrogens is 278 g/mol. The summed E-state index contributed by atoms with van der Waals surface area (Å²) in [5.41, 5.74) is 1.36. The average molecular weight is 292 g/mol. The Kier molecular flexibility index (Phi) is 4.85. The van der Waals surface area contributed by atoms with E-state index in [1.807, 2.05) is 30.3 Å². The quantitative estimate of drug-likeness (QED) is 0.922. The largest absolute Gasteiger partial charge is 0.495 e. The molecule has 0 aliphatic carbocycles. The van der Waals surface area contributed by atoms with E-state index in [0.717, 1.165) is 5.56 Å². The lowest BCUT2D eigenvalue weighted by Gasteiger charge is -2.10. The first-order valence-corrected chi connectivity index (χ1v) is 6.38. The number of hydrogen-bond donors (Lipinski definition) is 1. The molecule has 2 aromatic carbocycles. The molecule has 0 spiro atoms. The van der Waals surface area contributed by atoms with Crippen molar-refractivity contribution in [1.82, 2.24) is 0 Å². The summed E-state index contributed by atoms with van der Waals surface area (Å²) in [5.74, 6) is 0.493. The van der Waals surface area contributed by atoms with E-state index in [9.17, 15) is 4.79 Å². The summed E-state index contributed by atoms with van der Waals surface area (Å²) in [6.45, 7) is 0.203. The first-order chi connectivity index (χ1) is 9.70. The van der Waals surface area contributed by atoms with Gasteiger partial charge in [-0.05, 0) is 17.7 Å². The van der Waals surface area contributed by atoms with E-state index in [0.29, 0.717) is 16.5 Å². The number of carbonyl (C=O) groups is 1. The monoisotopic (exact) mass is 291 g/mol. The first-order valence-electron chi connectivity index (χ1n) is 6.01. The predicted molar refractivity (Wildman–Crippen MR) is 78.3 cm³/mol. The van der Waals surface area contributed by atoms with Gasteiger partial charge in [-0.3, -0.25) is 5.32 Å². The Morgan fingerprint density at radius 2 is 1.90 bits per heavy atom. The number of anilines is 1. The van der Waals surface area contributed by atoms with Gasteiger partial charge < -0.3 is 9.47 Å². The van der Waals surface area contributed by atoms with Gasteiger partial charge in [0.05, 0.1) is 12.8 Å². The zero-order valence-electron chi connectivity index (χ0n) is 10.9. The highest BCUT2D eigenvalue weighted by Crippen LogP contribution is 2.31. The Hall–Kier alpha value is -2.20. The van der Waals surface area contributed by atoms with Gasteiger partial charge in [0.2, 0.25) is 0 Å². The van der Waals surface area contributed by atoms with Crippen LogP contribution in [0.4, 0.5) is 10.5 Å². The third-order valence-corrected chi connectivity index (χ3v) is 3.02. The second kappa shape index (κ2) is 6.82. The second-order valence-corrected chi connectivity index (χ2v) is 4.39. The van der Waals surface area contributed by atoms with Gasteiger partial charge >= 0.3 is 6.09 Å². The van der Waals surface area contributed by atoms with Crippen LogP contribution in [0.1, 0.15) is 5.56 Å². The van der Waals surface area contributed by atoms with Gasteiger partial charge in [-0.25, -0.2) is 4.79 Å². The molecule has 0 unspecified atom stereocenters. The molecule has 1 amide bonds. The highest BCUT2D eigenvalue weighted by atomic mass is 35.5. The van der Waals surface area contributed by atoms with Crippen molar-refractivity contribution in [2.75, 3.05) is 12.4 Å². The van der Waals surface area contributed by atoms with E-state index >= 15 is 0 Å². The van der Waals surface area contributed by atoms with Crippen molar-refractivity contribution >= 4 is 23.4 Å². The molecule has 0 heterocycles. The summed E-state index contributed by atoms with van der Waals surface area (Å²) in [7, 11) is 1.51. The average Bonchev–Trinajstić information content (AvgIpc) is 2.48. The van der Waals surface area contributed by atoms with Gasteiger partial charge in [0.1, 0.15) is 17.4 Å². The van der Waals surface area contributed by atoms with E-state index in [2.05, 4.69) is 5.32 Å². The molecule has 104 valence electrons. The van der Waals surface area contributed by atoms with Crippen LogP contribution in [0.3, 0.4) is 0 Å². The van der Waals surface area contributed by atoms with Gasteiger partial charge in [-0.15, -0.1) is 0 Å². The standard InChI is InChI=1S/C15H14ClNO3/c1-19-13-9-5-8-12(14(13)16)17-15(18)20-10-11-6-3-2-4-7-11/h2-9H,10H2,1H3,(H,17,18). The lowest BCUT2D eigenvalue weighted by molar-refractivity contribution is 0.155. The molecule has 0 saturated heterocycles. The number of carbonyl (C=O) groups excluding carboxylic acids is 1. The molecule has 0 saturated carbocycles. The van der Waals surface area contributed by atoms with E-state index < -0.39 is 6.09 Å². The molecule has 20 heavy (non-hydrogen) atoms. The Bertz CT molecular complexity index is 587. The van der Waals surface area contributed by atoms with Crippen LogP contribution in [0.2, 0.25) is 5.02 Å². The Morgan fingerprint density at radius 3 is 2.60 bits per heavy atom. The highest BCUT2D eigenvalue weighted by Gasteiger charge is 2.10. The molecule has 5 heteroatoms. The maximum atomic E-state index is 11.7. The highest BCUT2D eigenvalue weighted by molar-refractivity contribution is 6.35. The van der Waals surface area contributed by atoms with Gasteiger partial charge in [0.25, 0.3) is 0 Å². The minimum atomic E-state index is -0.566. The molecule has 1 N–H and O–H groups in total. The molecular formula is C15H14ClNO3. The maximum absolute atomic E-state index is 11.7. The lowest BCUT2D eigenvalue weighted by Crippen LogP contribution is -2.13. The van der Waals surface area contributed by atoms with Crippen molar-refractivity contribution < 1.29 is 14.3 Å². The smallest absolute Gasteiger partial charge is 0.412 e. The molecule has 0 bridgehead atoms. The van der Waals surface area contributed by atoms with Crippen molar-refractivity contribution in [3.8, 4) is 5.75 Å². The molecule has 2 aromatic rings. The minimum absolute atomic E-state index is 0.203. The van der Waals surface area contributed by atoms with Crippen molar-refractivity contribution in [3.63, 3.8) is 0 Å². The van der Waals surface area contributed by atoms with E-state index in [-0.39, 0.29) is 6.61 Å². The van der Waals surface area contributed by atoms with Crippen LogP contribution in [0, 0.1) is 0 Å². The van der Waals surface area contributed by atoms with Crippen LogP contribution in [0.5, 0.6) is 5.75 Å². The van der Waals surface area contributed by atoms with E-state index in [1.165, 1.54) is 7.11 Å². The number of methoxy groups -OCH3 is 1. The molecule has 0 aliphatic heterocycles. The van der Waals surface area contributed by atoms with Crippen LogP contribution in [0.25, 0.3) is 0 Å². The number of amides is 1. The normalized spacial score (nSPS) is 9.90. The molecule has 0 aliphatic rings. The number of hydrogen-bond acceptors (Lipinski definition) is 3. The number of rotatable bonds is 4. The van der Waals surface area contributed by atoms with Crippen molar-refractivity contribution in [1.29, 1.82) is 0 Å². The molecule has 2 rings (SSSR count). The topological polar surface area (TPSA) is 47.6 Å². The molecule has 0 radical (unpaired) electrons. The first kappa shape index (κ1) is 14.2. The number of ether oxygens (including phenoxy) is 2. The van der Waals surface area contributed by atoms with Gasteiger partial charge in [-0.2, -0.15) is 0 Å². The minimum Gasteiger partial charge on any atom is -0.495 e. The molecule has 4 nitrogen and oxygen atoms in total. The fraction of sp³-hybridized carbons (Fsp3) is 0.133. The molecule has 0 atom stereocenters. The van der Waals surface area contributed by atoms with Crippen LogP contribution in [-0.2, 0) is 11.3 Å². The molecule has 0 fully saturated rings. The van der Waals surface area contributed by atoms with Crippen LogP contribution < -0.4 is 10.1 Å².